The summed E-state index contributed by atoms with van der Waals surface area (Å²) in [6.45, 7) is 5.83. The molecule has 2 rings (SSSR count). The molecule has 0 spiro atoms. The Labute approximate surface area is 148 Å². The van der Waals surface area contributed by atoms with Crippen LogP contribution >= 0.6 is 0 Å². The number of hydrogen-bond donors (Lipinski definition) is 2. The summed E-state index contributed by atoms with van der Waals surface area (Å²) in [6.07, 6.45) is -2.25. The Morgan fingerprint density at radius 3 is 1.72 bits per heavy atom. The van der Waals surface area contributed by atoms with Crippen molar-refractivity contribution in [1.29, 1.82) is 0 Å². The van der Waals surface area contributed by atoms with E-state index < -0.39 is 24.1 Å². The Bertz CT molecular complexity index is 376. The van der Waals surface area contributed by atoms with Crippen LogP contribution in [0.15, 0.2) is 24.3 Å². The second kappa shape index (κ2) is 7.93. The molecule has 2 N–H and O–H groups in total. The number of benzene rings is 1. The molecule has 2 atom stereocenters. The second-order valence-corrected chi connectivity index (χ2v) is 3.64. The molecule has 1 heterocycles. The quantitative estimate of drug-likeness (QED) is 0.374. The number of rotatable bonds is 2. The van der Waals surface area contributed by atoms with Gasteiger partial charge in [0.1, 0.15) is 0 Å². The summed E-state index contributed by atoms with van der Waals surface area (Å²) in [7, 11) is 0. The first-order valence-corrected chi connectivity index (χ1v) is 4.91. The molecule has 0 saturated carbocycles. The van der Waals surface area contributed by atoms with Gasteiger partial charge in [0, 0.05) is 0 Å². The maximum atomic E-state index is 9.89. The summed E-state index contributed by atoms with van der Waals surface area (Å²) in [5.41, 5.74) is 2.37. The van der Waals surface area contributed by atoms with Gasteiger partial charge in [0.25, 0.3) is 0 Å². The van der Waals surface area contributed by atoms with E-state index in [1.807, 2.05) is 12.1 Å². The molecule has 0 amide bonds. The van der Waals surface area contributed by atoms with Gasteiger partial charge in [-0.1, -0.05) is 5.56 Å². The Kier molecular flexibility index (Phi) is 7.77. The number of aryl methyl sites for hydroxylation is 1. The molecule has 0 radical (unpaired) electrons. The summed E-state index contributed by atoms with van der Waals surface area (Å²) in [5, 5.41) is 16.2. The van der Waals surface area contributed by atoms with Crippen LogP contribution in [0.3, 0.4) is 0 Å². The average molecular weight is 276 g/mol. The molecule has 6 heteroatoms. The molecule has 92 valence electrons. The molecule has 0 aliphatic carbocycles. The summed E-state index contributed by atoms with van der Waals surface area (Å²) in [5.74, 6) is -2.44. The minimum Gasteiger partial charge on any atom is -0.479 e. The van der Waals surface area contributed by atoms with E-state index in [-0.39, 0.29) is 51.4 Å². The van der Waals surface area contributed by atoms with E-state index in [1.54, 1.807) is 0 Å². The van der Waals surface area contributed by atoms with Crippen molar-refractivity contribution in [2.75, 3.05) is 0 Å². The van der Waals surface area contributed by atoms with Gasteiger partial charge in [-0.2, -0.15) is 24.6 Å². The monoisotopic (exact) mass is 276 g/mol. The zero-order valence-corrected chi connectivity index (χ0v) is 13.4. The number of aliphatic carboxylic acids is 2. The number of epoxide rings is 1. The zero-order chi connectivity index (χ0) is 13.0. The number of ether oxygens (including phenoxy) is 1. The first kappa shape index (κ1) is 17.6. The predicted octanol–water partition coefficient (Wildman–Crippen LogP) is -1.90. The van der Waals surface area contributed by atoms with E-state index in [4.69, 9.17) is 10.2 Å². The van der Waals surface area contributed by atoms with Gasteiger partial charge in [0.15, 0.2) is 12.2 Å². The molecule has 1 aromatic carbocycles. The topological polar surface area (TPSA) is 87.1 Å². The third-order valence-electron chi connectivity index (χ3n) is 2.10. The smallest absolute Gasteiger partial charge is 0.479 e. The average Bonchev–Trinajstić information content (AvgIpc) is 3.03. The fourth-order valence-electron chi connectivity index (χ4n) is 1.08. The number of carboxylic acid groups (broad SMARTS) is 2. The van der Waals surface area contributed by atoms with Gasteiger partial charge in [-0.05, 0) is 6.92 Å². The standard InChI is InChI=1S/C8H9.C4H4O5.K/c1-7-3-5-8(2)6-4-7;5-3(6)1-2(9-1)4(7)8;/h3-6H,1H2,2H3;1-2H,(H,5,6)(H,7,8);/q-1;;+1. The van der Waals surface area contributed by atoms with Crippen molar-refractivity contribution in [3.8, 4) is 0 Å². The van der Waals surface area contributed by atoms with Crippen LogP contribution in [0, 0.1) is 13.8 Å². The van der Waals surface area contributed by atoms with Crippen LogP contribution in [0.4, 0.5) is 0 Å². The molecule has 0 bridgehead atoms. The second-order valence-electron chi connectivity index (χ2n) is 3.64. The Morgan fingerprint density at radius 2 is 1.50 bits per heavy atom. The van der Waals surface area contributed by atoms with Crippen molar-refractivity contribution < 1.29 is 75.9 Å². The van der Waals surface area contributed by atoms with E-state index in [0.29, 0.717) is 0 Å². The van der Waals surface area contributed by atoms with Crippen LogP contribution in [0.1, 0.15) is 11.1 Å². The van der Waals surface area contributed by atoms with Gasteiger partial charge >= 0.3 is 63.3 Å². The van der Waals surface area contributed by atoms with Crippen molar-refractivity contribution in [2.45, 2.75) is 19.1 Å². The molecule has 18 heavy (non-hydrogen) atoms. The van der Waals surface area contributed by atoms with E-state index in [2.05, 4.69) is 30.7 Å². The number of carboxylic acids is 2. The maximum Gasteiger partial charge on any atom is 1.00 e. The third-order valence-corrected chi connectivity index (χ3v) is 2.10. The third kappa shape index (κ3) is 5.99. The molecule has 1 aliphatic rings. The SMILES string of the molecule is O=C(O)C1OC1C(=O)O.[CH2-]c1ccc(C)cc1.[K+]. The van der Waals surface area contributed by atoms with Crippen LogP contribution in [-0.2, 0) is 14.3 Å². The molecule has 1 fully saturated rings. The van der Waals surface area contributed by atoms with E-state index >= 15 is 0 Å². The first-order chi connectivity index (χ1) is 7.91. The minimum absolute atomic E-state index is 0. The number of carbonyl (C=O) groups is 2. The van der Waals surface area contributed by atoms with Crippen molar-refractivity contribution in [3.05, 3.63) is 42.3 Å². The largest absolute Gasteiger partial charge is 1.00 e. The van der Waals surface area contributed by atoms with Crippen LogP contribution < -0.4 is 51.4 Å². The van der Waals surface area contributed by atoms with Crippen molar-refractivity contribution in [2.24, 2.45) is 0 Å². The molecule has 0 aromatic heterocycles. The van der Waals surface area contributed by atoms with Crippen LogP contribution in [-0.4, -0.2) is 34.4 Å². The predicted molar refractivity (Wildman–Crippen MR) is 59.6 cm³/mol. The summed E-state index contributed by atoms with van der Waals surface area (Å²) >= 11 is 0. The summed E-state index contributed by atoms with van der Waals surface area (Å²) < 4.78 is 4.24. The van der Waals surface area contributed by atoms with Crippen LogP contribution in [0.2, 0.25) is 0 Å². The normalized spacial score (nSPS) is 19.8. The van der Waals surface area contributed by atoms with Gasteiger partial charge in [-0.25, -0.2) is 9.59 Å². The molecular weight excluding hydrogens is 263 g/mol. The summed E-state index contributed by atoms with van der Waals surface area (Å²) in [4.78, 5) is 19.8. The van der Waals surface area contributed by atoms with Gasteiger partial charge in [-0.15, -0.1) is 12.1 Å². The van der Waals surface area contributed by atoms with E-state index in [1.165, 1.54) is 5.56 Å². The molecular formula is C12H13KO5. The van der Waals surface area contributed by atoms with Gasteiger partial charge in [0.05, 0.1) is 0 Å². The van der Waals surface area contributed by atoms with Crippen LogP contribution in [0.25, 0.3) is 0 Å². The molecule has 1 saturated heterocycles. The fraction of sp³-hybridized carbons (Fsp3) is 0.250. The van der Waals surface area contributed by atoms with Crippen molar-refractivity contribution in [1.82, 2.24) is 0 Å². The fourth-order valence-corrected chi connectivity index (χ4v) is 1.08. The van der Waals surface area contributed by atoms with Gasteiger partial charge in [0.2, 0.25) is 0 Å². The molecule has 2 unspecified atom stereocenters. The molecule has 1 aliphatic heterocycles. The first-order valence-electron chi connectivity index (χ1n) is 4.91. The van der Waals surface area contributed by atoms with Crippen molar-refractivity contribution in [3.63, 3.8) is 0 Å². The molecule has 5 nitrogen and oxygen atoms in total. The van der Waals surface area contributed by atoms with Crippen LogP contribution in [0.5, 0.6) is 0 Å². The zero-order valence-electron chi connectivity index (χ0n) is 10.3. The summed E-state index contributed by atoms with van der Waals surface area (Å²) in [6, 6.07) is 8.13. The van der Waals surface area contributed by atoms with Gasteiger partial charge in [-0.3, -0.25) is 0 Å². The number of hydrogen-bond acceptors (Lipinski definition) is 3. The Balaban J connectivity index is 0.000000306. The van der Waals surface area contributed by atoms with E-state index in [9.17, 15) is 9.59 Å². The minimum atomic E-state index is -1.22. The van der Waals surface area contributed by atoms with Gasteiger partial charge < -0.3 is 14.9 Å². The van der Waals surface area contributed by atoms with Crippen molar-refractivity contribution >= 4 is 11.9 Å². The van der Waals surface area contributed by atoms with E-state index in [0.717, 1.165) is 5.56 Å². The maximum absolute atomic E-state index is 9.89. The Hall–Kier alpha value is -0.374. The Morgan fingerprint density at radius 1 is 1.11 bits per heavy atom. The molecule has 1 aromatic rings.